The summed E-state index contributed by atoms with van der Waals surface area (Å²) in [7, 11) is 2.08. The predicted octanol–water partition coefficient (Wildman–Crippen LogP) is 1.80. The van der Waals surface area contributed by atoms with Gasteiger partial charge in [-0.05, 0) is 26.7 Å². The van der Waals surface area contributed by atoms with Crippen LogP contribution >= 0.6 is 0 Å². The first-order valence-corrected chi connectivity index (χ1v) is 6.38. The average molecular weight is 234 g/mol. The summed E-state index contributed by atoms with van der Waals surface area (Å²) in [6.07, 6.45) is 6.65. The quantitative estimate of drug-likeness (QED) is 0.847. The van der Waals surface area contributed by atoms with E-state index in [0.29, 0.717) is 6.04 Å². The van der Waals surface area contributed by atoms with E-state index in [1.54, 1.807) is 0 Å². The molecule has 4 nitrogen and oxygen atoms in total. The molecule has 0 spiro atoms. The maximum absolute atomic E-state index is 6.20. The summed E-state index contributed by atoms with van der Waals surface area (Å²) < 4.78 is 0. The van der Waals surface area contributed by atoms with Gasteiger partial charge in [0.15, 0.2) is 0 Å². The third-order valence-corrected chi connectivity index (χ3v) is 3.82. The number of nitrogens with two attached hydrogens (primary N) is 1. The van der Waals surface area contributed by atoms with E-state index in [4.69, 9.17) is 5.73 Å². The number of hydrogen-bond donors (Lipinski definition) is 1. The van der Waals surface area contributed by atoms with Crippen molar-refractivity contribution >= 4 is 5.82 Å². The second kappa shape index (κ2) is 5.00. The first-order chi connectivity index (χ1) is 8.09. The minimum absolute atomic E-state index is 0.261. The number of rotatable bonds is 2. The van der Waals surface area contributed by atoms with Gasteiger partial charge in [-0.3, -0.25) is 4.98 Å². The Morgan fingerprint density at radius 2 is 1.94 bits per heavy atom. The van der Waals surface area contributed by atoms with Gasteiger partial charge in [-0.15, -0.1) is 0 Å². The summed E-state index contributed by atoms with van der Waals surface area (Å²) in [4.78, 5) is 11.2. The van der Waals surface area contributed by atoms with E-state index in [-0.39, 0.29) is 6.04 Å². The van der Waals surface area contributed by atoms with Crippen LogP contribution in [-0.4, -0.2) is 29.1 Å². The van der Waals surface area contributed by atoms with E-state index in [9.17, 15) is 0 Å². The zero-order valence-corrected chi connectivity index (χ0v) is 11.0. The highest BCUT2D eigenvalue weighted by atomic mass is 15.2. The van der Waals surface area contributed by atoms with Crippen molar-refractivity contribution in [3.63, 3.8) is 0 Å². The molecular formula is C13H22N4. The molecule has 0 amide bonds. The van der Waals surface area contributed by atoms with Crippen LogP contribution in [0.3, 0.4) is 0 Å². The monoisotopic (exact) mass is 234 g/mol. The molecule has 1 fully saturated rings. The molecule has 1 aliphatic rings. The Kier molecular flexibility index (Phi) is 3.62. The number of aromatic nitrogens is 2. The molecule has 4 heteroatoms. The summed E-state index contributed by atoms with van der Waals surface area (Å²) in [5.41, 5.74) is 8.19. The van der Waals surface area contributed by atoms with Gasteiger partial charge < -0.3 is 10.6 Å². The molecular weight excluding hydrogens is 212 g/mol. The lowest BCUT2D eigenvalue weighted by Crippen LogP contribution is -2.48. The zero-order chi connectivity index (χ0) is 12.4. The van der Waals surface area contributed by atoms with Gasteiger partial charge in [-0.1, -0.05) is 12.8 Å². The fourth-order valence-electron chi connectivity index (χ4n) is 2.49. The summed E-state index contributed by atoms with van der Waals surface area (Å²) in [5.74, 6) is 0.940. The Labute approximate surface area is 103 Å². The highest BCUT2D eigenvalue weighted by molar-refractivity contribution is 5.38. The molecule has 2 rings (SSSR count). The van der Waals surface area contributed by atoms with Gasteiger partial charge in [0.25, 0.3) is 0 Å². The maximum atomic E-state index is 6.20. The molecule has 2 atom stereocenters. The van der Waals surface area contributed by atoms with Crippen molar-refractivity contribution in [1.82, 2.24) is 9.97 Å². The average Bonchev–Trinajstić information content (AvgIpc) is 2.32. The number of aryl methyl sites for hydroxylation is 2. The molecule has 1 aromatic rings. The molecule has 0 aromatic carbocycles. The lowest BCUT2D eigenvalue weighted by Gasteiger charge is -2.36. The van der Waals surface area contributed by atoms with Crippen LogP contribution in [0.1, 0.15) is 37.1 Å². The molecule has 0 aliphatic heterocycles. The standard InChI is InChI=1S/C13H22N4/c1-9-10(2)16-13(8-15-9)17(3)12-7-5-4-6-11(12)14/h8,11-12H,4-7,14H2,1-3H3. The first-order valence-electron chi connectivity index (χ1n) is 6.38. The number of likely N-dealkylation sites (N-methyl/N-ethyl adjacent to an activating group) is 1. The molecule has 0 bridgehead atoms. The Bertz CT molecular complexity index is 391. The van der Waals surface area contributed by atoms with Crippen LogP contribution in [0, 0.1) is 13.8 Å². The lowest BCUT2D eigenvalue weighted by molar-refractivity contribution is 0.372. The van der Waals surface area contributed by atoms with Crippen molar-refractivity contribution in [3.8, 4) is 0 Å². The summed E-state index contributed by atoms with van der Waals surface area (Å²) >= 11 is 0. The minimum atomic E-state index is 0.261. The summed E-state index contributed by atoms with van der Waals surface area (Å²) in [5, 5.41) is 0. The molecule has 1 aromatic heterocycles. The Hall–Kier alpha value is -1.16. The molecule has 94 valence electrons. The molecule has 1 saturated carbocycles. The normalized spacial score (nSPS) is 24.7. The van der Waals surface area contributed by atoms with E-state index in [1.165, 1.54) is 12.8 Å². The van der Waals surface area contributed by atoms with Gasteiger partial charge in [0.05, 0.1) is 17.6 Å². The minimum Gasteiger partial charge on any atom is -0.354 e. The van der Waals surface area contributed by atoms with Crippen molar-refractivity contribution in [2.75, 3.05) is 11.9 Å². The van der Waals surface area contributed by atoms with Crippen molar-refractivity contribution in [1.29, 1.82) is 0 Å². The fraction of sp³-hybridized carbons (Fsp3) is 0.692. The molecule has 1 aliphatic carbocycles. The van der Waals surface area contributed by atoms with Crippen LogP contribution < -0.4 is 10.6 Å². The molecule has 2 N–H and O–H groups in total. The maximum Gasteiger partial charge on any atom is 0.147 e. The topological polar surface area (TPSA) is 55.0 Å². The highest BCUT2D eigenvalue weighted by Gasteiger charge is 2.26. The smallest absolute Gasteiger partial charge is 0.147 e. The van der Waals surface area contributed by atoms with Crippen LogP contribution in [0.15, 0.2) is 6.20 Å². The molecule has 0 saturated heterocycles. The van der Waals surface area contributed by atoms with Crippen molar-refractivity contribution in [2.24, 2.45) is 5.73 Å². The molecule has 0 radical (unpaired) electrons. The van der Waals surface area contributed by atoms with Gasteiger partial charge in [-0.25, -0.2) is 4.98 Å². The third kappa shape index (κ3) is 2.57. The largest absolute Gasteiger partial charge is 0.354 e. The summed E-state index contributed by atoms with van der Waals surface area (Å²) in [6.45, 7) is 3.99. The van der Waals surface area contributed by atoms with E-state index in [1.807, 2.05) is 20.0 Å². The van der Waals surface area contributed by atoms with Crippen LogP contribution in [0.2, 0.25) is 0 Å². The van der Waals surface area contributed by atoms with Gasteiger partial charge in [0.1, 0.15) is 5.82 Å². The zero-order valence-electron chi connectivity index (χ0n) is 11.0. The van der Waals surface area contributed by atoms with Crippen LogP contribution in [-0.2, 0) is 0 Å². The fourth-order valence-corrected chi connectivity index (χ4v) is 2.49. The van der Waals surface area contributed by atoms with Crippen molar-refractivity contribution < 1.29 is 0 Å². The second-order valence-corrected chi connectivity index (χ2v) is 5.03. The molecule has 1 heterocycles. The summed E-state index contributed by atoms with van der Waals surface area (Å²) in [6, 6.07) is 0.664. The van der Waals surface area contributed by atoms with Crippen molar-refractivity contribution in [2.45, 2.75) is 51.6 Å². The van der Waals surface area contributed by atoms with Crippen LogP contribution in [0.4, 0.5) is 5.82 Å². The number of nitrogens with zero attached hydrogens (tertiary/aromatic N) is 3. The lowest BCUT2D eigenvalue weighted by atomic mass is 9.90. The Balaban J connectivity index is 2.17. The highest BCUT2D eigenvalue weighted by Crippen LogP contribution is 2.24. The molecule has 2 unspecified atom stereocenters. The van der Waals surface area contributed by atoms with Crippen LogP contribution in [0.5, 0.6) is 0 Å². The van der Waals surface area contributed by atoms with Gasteiger partial charge in [0, 0.05) is 19.1 Å². The number of hydrogen-bond acceptors (Lipinski definition) is 4. The second-order valence-electron chi connectivity index (χ2n) is 5.03. The van der Waals surface area contributed by atoms with Gasteiger partial charge in [-0.2, -0.15) is 0 Å². The van der Waals surface area contributed by atoms with Crippen LogP contribution in [0.25, 0.3) is 0 Å². The van der Waals surface area contributed by atoms with E-state index < -0.39 is 0 Å². The van der Waals surface area contributed by atoms with Crippen molar-refractivity contribution in [3.05, 3.63) is 17.6 Å². The van der Waals surface area contributed by atoms with E-state index >= 15 is 0 Å². The predicted molar refractivity (Wildman–Crippen MR) is 70.1 cm³/mol. The molecule has 17 heavy (non-hydrogen) atoms. The Morgan fingerprint density at radius 1 is 1.24 bits per heavy atom. The third-order valence-electron chi connectivity index (χ3n) is 3.82. The first kappa shape index (κ1) is 12.3. The Morgan fingerprint density at radius 3 is 2.59 bits per heavy atom. The van der Waals surface area contributed by atoms with Gasteiger partial charge >= 0.3 is 0 Å². The van der Waals surface area contributed by atoms with E-state index in [2.05, 4.69) is 21.9 Å². The van der Waals surface area contributed by atoms with E-state index in [0.717, 1.165) is 30.0 Å². The number of anilines is 1. The SMILES string of the molecule is Cc1ncc(N(C)C2CCCCC2N)nc1C. The van der Waals surface area contributed by atoms with Gasteiger partial charge in [0.2, 0.25) is 0 Å².